The van der Waals surface area contributed by atoms with E-state index in [1.54, 1.807) is 13.2 Å². The summed E-state index contributed by atoms with van der Waals surface area (Å²) in [6, 6.07) is 9.72. The molecule has 21 heavy (non-hydrogen) atoms. The minimum atomic E-state index is 0.109. The van der Waals surface area contributed by atoms with Crippen molar-refractivity contribution in [3.05, 3.63) is 51.5 Å². The molecule has 2 rings (SSSR count). The summed E-state index contributed by atoms with van der Waals surface area (Å²) in [6.07, 6.45) is 0. The van der Waals surface area contributed by atoms with Crippen LogP contribution in [0.1, 0.15) is 29.7 Å². The molecule has 0 aliphatic rings. The lowest BCUT2D eigenvalue weighted by Crippen LogP contribution is -2.09. The van der Waals surface area contributed by atoms with Crippen molar-refractivity contribution < 1.29 is 9.84 Å². The van der Waals surface area contributed by atoms with Crippen LogP contribution in [0.2, 0.25) is 0 Å². The van der Waals surface area contributed by atoms with E-state index in [-0.39, 0.29) is 11.8 Å². The maximum absolute atomic E-state index is 9.67. The number of aryl methyl sites for hydroxylation is 2. The molecule has 3 nitrogen and oxygen atoms in total. The number of phenolic OH excluding ortho intramolecular Hbond substituents is 1. The Kier molecular flexibility index (Phi) is 4.78. The van der Waals surface area contributed by atoms with Crippen molar-refractivity contribution in [1.29, 1.82) is 0 Å². The molecule has 0 fully saturated rings. The van der Waals surface area contributed by atoms with E-state index in [1.165, 1.54) is 11.1 Å². The van der Waals surface area contributed by atoms with E-state index in [9.17, 15) is 5.11 Å². The molecule has 2 aromatic rings. The molecule has 2 aromatic carbocycles. The third-order valence-electron chi connectivity index (χ3n) is 3.56. The van der Waals surface area contributed by atoms with E-state index in [4.69, 9.17) is 4.74 Å². The second-order valence-electron chi connectivity index (χ2n) is 5.21. The van der Waals surface area contributed by atoms with E-state index in [1.807, 2.05) is 12.1 Å². The third-order valence-corrected chi connectivity index (χ3v) is 4.02. The standard InChI is InChI=1S/C17H20BrNO2/c1-10-7-14(18)8-11(2)17(10)19-12(3)13-5-6-15(20)16(9-13)21-4/h5-9,12,19-20H,1-4H3. The van der Waals surface area contributed by atoms with Crippen LogP contribution in [0.15, 0.2) is 34.8 Å². The zero-order valence-corrected chi connectivity index (χ0v) is 14.3. The minimum absolute atomic E-state index is 0.109. The molecule has 0 amide bonds. The number of aromatic hydroxyl groups is 1. The molecule has 0 spiro atoms. The zero-order chi connectivity index (χ0) is 15.6. The van der Waals surface area contributed by atoms with Crippen LogP contribution in [-0.4, -0.2) is 12.2 Å². The van der Waals surface area contributed by atoms with E-state index in [0.717, 1.165) is 15.7 Å². The number of phenols is 1. The van der Waals surface area contributed by atoms with E-state index in [2.05, 4.69) is 54.2 Å². The van der Waals surface area contributed by atoms with Gasteiger partial charge in [-0.1, -0.05) is 22.0 Å². The van der Waals surface area contributed by atoms with Crippen molar-refractivity contribution in [1.82, 2.24) is 0 Å². The van der Waals surface area contributed by atoms with Gasteiger partial charge in [0.2, 0.25) is 0 Å². The van der Waals surface area contributed by atoms with Crippen molar-refractivity contribution >= 4 is 21.6 Å². The van der Waals surface area contributed by atoms with Gasteiger partial charge < -0.3 is 15.2 Å². The highest BCUT2D eigenvalue weighted by atomic mass is 79.9. The molecule has 0 heterocycles. The molecule has 0 aliphatic carbocycles. The number of anilines is 1. The van der Waals surface area contributed by atoms with E-state index >= 15 is 0 Å². The number of benzene rings is 2. The zero-order valence-electron chi connectivity index (χ0n) is 12.7. The maximum atomic E-state index is 9.67. The Morgan fingerprint density at radius 3 is 2.33 bits per heavy atom. The first kappa shape index (κ1) is 15.7. The Bertz CT molecular complexity index is 632. The van der Waals surface area contributed by atoms with Gasteiger partial charge in [-0.25, -0.2) is 0 Å². The second-order valence-corrected chi connectivity index (χ2v) is 6.13. The van der Waals surface area contributed by atoms with Gasteiger partial charge in [-0.05, 0) is 61.7 Å². The molecule has 0 aromatic heterocycles. The average molecular weight is 350 g/mol. The molecule has 0 radical (unpaired) electrons. The third kappa shape index (κ3) is 3.50. The van der Waals surface area contributed by atoms with Gasteiger partial charge in [0.05, 0.1) is 7.11 Å². The monoisotopic (exact) mass is 349 g/mol. The molecule has 0 aliphatic heterocycles. The van der Waals surface area contributed by atoms with Crippen LogP contribution in [-0.2, 0) is 0 Å². The highest BCUT2D eigenvalue weighted by Gasteiger charge is 2.12. The van der Waals surface area contributed by atoms with Crippen LogP contribution in [0.3, 0.4) is 0 Å². The first-order valence-corrected chi connectivity index (χ1v) is 7.62. The molecule has 0 saturated heterocycles. The highest BCUT2D eigenvalue weighted by Crippen LogP contribution is 2.32. The number of rotatable bonds is 4. The minimum Gasteiger partial charge on any atom is -0.504 e. The summed E-state index contributed by atoms with van der Waals surface area (Å²) in [5.41, 5.74) is 4.59. The highest BCUT2D eigenvalue weighted by molar-refractivity contribution is 9.10. The first-order valence-electron chi connectivity index (χ1n) is 6.82. The van der Waals surface area contributed by atoms with Crippen LogP contribution in [0, 0.1) is 13.8 Å². The van der Waals surface area contributed by atoms with Gasteiger partial charge in [0.15, 0.2) is 11.5 Å². The average Bonchev–Trinajstić information content (AvgIpc) is 2.43. The number of methoxy groups -OCH3 is 1. The number of hydrogen-bond acceptors (Lipinski definition) is 3. The lowest BCUT2D eigenvalue weighted by Gasteiger charge is -2.20. The first-order chi connectivity index (χ1) is 9.92. The van der Waals surface area contributed by atoms with Crippen LogP contribution >= 0.6 is 15.9 Å². The largest absolute Gasteiger partial charge is 0.504 e. The van der Waals surface area contributed by atoms with Gasteiger partial charge in [-0.3, -0.25) is 0 Å². The maximum Gasteiger partial charge on any atom is 0.160 e. The van der Waals surface area contributed by atoms with Crippen molar-refractivity contribution in [2.45, 2.75) is 26.8 Å². The van der Waals surface area contributed by atoms with Gasteiger partial charge in [0.25, 0.3) is 0 Å². The number of halogens is 1. The number of nitrogens with one attached hydrogen (secondary N) is 1. The molecule has 1 atom stereocenters. The van der Waals surface area contributed by atoms with Crippen LogP contribution < -0.4 is 10.1 Å². The quantitative estimate of drug-likeness (QED) is 0.820. The molecule has 2 N–H and O–H groups in total. The normalized spacial score (nSPS) is 12.0. The fourth-order valence-electron chi connectivity index (χ4n) is 2.40. The molecule has 0 bridgehead atoms. The number of ether oxygens (including phenoxy) is 1. The predicted molar refractivity (Wildman–Crippen MR) is 90.3 cm³/mol. The molecule has 0 saturated carbocycles. The SMILES string of the molecule is COc1cc(C(C)Nc2c(C)cc(Br)cc2C)ccc1O. The lowest BCUT2D eigenvalue weighted by molar-refractivity contribution is 0.373. The molecule has 1 unspecified atom stereocenters. The van der Waals surface area contributed by atoms with Gasteiger partial charge in [0.1, 0.15) is 0 Å². The van der Waals surface area contributed by atoms with Gasteiger partial charge in [-0.15, -0.1) is 0 Å². The van der Waals surface area contributed by atoms with Crippen LogP contribution in [0.25, 0.3) is 0 Å². The van der Waals surface area contributed by atoms with Gasteiger partial charge in [-0.2, -0.15) is 0 Å². The smallest absolute Gasteiger partial charge is 0.160 e. The second kappa shape index (κ2) is 6.39. The van der Waals surface area contributed by atoms with Crippen molar-refractivity contribution in [2.24, 2.45) is 0 Å². The van der Waals surface area contributed by atoms with Gasteiger partial charge in [0, 0.05) is 16.2 Å². The summed E-state index contributed by atoms with van der Waals surface area (Å²) in [7, 11) is 1.56. The van der Waals surface area contributed by atoms with Crippen molar-refractivity contribution in [2.75, 3.05) is 12.4 Å². The van der Waals surface area contributed by atoms with Crippen molar-refractivity contribution in [3.8, 4) is 11.5 Å². The Morgan fingerprint density at radius 1 is 1.14 bits per heavy atom. The Hall–Kier alpha value is -1.68. The van der Waals surface area contributed by atoms with E-state index < -0.39 is 0 Å². The lowest BCUT2D eigenvalue weighted by atomic mass is 10.0. The summed E-state index contributed by atoms with van der Waals surface area (Å²) < 4.78 is 6.25. The van der Waals surface area contributed by atoms with Gasteiger partial charge >= 0.3 is 0 Å². The van der Waals surface area contributed by atoms with Crippen molar-refractivity contribution in [3.63, 3.8) is 0 Å². The summed E-state index contributed by atoms with van der Waals surface area (Å²) in [5.74, 6) is 0.648. The summed E-state index contributed by atoms with van der Waals surface area (Å²) in [6.45, 7) is 6.27. The Labute approximate surface area is 134 Å². The Morgan fingerprint density at radius 2 is 1.76 bits per heavy atom. The van der Waals surface area contributed by atoms with Crippen LogP contribution in [0.5, 0.6) is 11.5 Å². The van der Waals surface area contributed by atoms with E-state index in [0.29, 0.717) is 5.75 Å². The molecular weight excluding hydrogens is 330 g/mol. The predicted octanol–water partition coefficient (Wildman–Crippen LogP) is 4.95. The van der Waals surface area contributed by atoms with Crippen LogP contribution in [0.4, 0.5) is 5.69 Å². The number of hydrogen-bond donors (Lipinski definition) is 2. The molecule has 112 valence electrons. The summed E-state index contributed by atoms with van der Waals surface area (Å²) in [4.78, 5) is 0. The Balaban J connectivity index is 2.28. The molecular formula is C17H20BrNO2. The summed E-state index contributed by atoms with van der Waals surface area (Å²) >= 11 is 3.51. The fourth-order valence-corrected chi connectivity index (χ4v) is 3.09. The summed E-state index contributed by atoms with van der Waals surface area (Å²) in [5, 5.41) is 13.2. The fraction of sp³-hybridized carbons (Fsp3) is 0.294. The topological polar surface area (TPSA) is 41.5 Å². The molecule has 4 heteroatoms.